The SMILES string of the molecule is CCOC(=O)C1CCN(S(=O)(=O)c2cccc(C(=O)CNc3ccc(-c4nc5ccccc5s4)cc3)c2)CC1. The minimum atomic E-state index is -3.78. The lowest BCUT2D eigenvalue weighted by Crippen LogP contribution is -2.40. The van der Waals surface area contributed by atoms with E-state index in [1.807, 2.05) is 48.5 Å². The number of nitrogens with zero attached hydrogens (tertiary/aromatic N) is 2. The summed E-state index contributed by atoms with van der Waals surface area (Å²) in [6.07, 6.45) is 0.830. The van der Waals surface area contributed by atoms with E-state index >= 15 is 0 Å². The van der Waals surface area contributed by atoms with Crippen molar-refractivity contribution in [2.75, 3.05) is 31.6 Å². The highest BCUT2D eigenvalue weighted by Gasteiger charge is 2.33. The van der Waals surface area contributed by atoms with Gasteiger partial charge >= 0.3 is 5.97 Å². The minimum Gasteiger partial charge on any atom is -0.466 e. The number of aromatic nitrogens is 1. The minimum absolute atomic E-state index is 0.0227. The van der Waals surface area contributed by atoms with Crippen LogP contribution in [-0.2, 0) is 19.6 Å². The van der Waals surface area contributed by atoms with Crippen molar-refractivity contribution < 1.29 is 22.7 Å². The first-order valence-electron chi connectivity index (χ1n) is 12.8. The number of anilines is 1. The van der Waals surface area contributed by atoms with Gasteiger partial charge in [-0.15, -0.1) is 11.3 Å². The molecule has 0 unspecified atom stereocenters. The van der Waals surface area contributed by atoms with Gasteiger partial charge < -0.3 is 10.1 Å². The molecule has 0 radical (unpaired) electrons. The standard InChI is InChI=1S/C29H29N3O5S2/c1-2-37-29(34)21-14-16-32(17-15-21)39(35,36)24-7-5-6-22(18-24)26(33)19-30-23-12-10-20(11-13-23)28-31-25-8-3-4-9-27(25)38-28/h3-13,18,21,30H,2,14-17,19H2,1H3. The summed E-state index contributed by atoms with van der Waals surface area (Å²) in [5.74, 6) is -0.782. The fourth-order valence-electron chi connectivity index (χ4n) is 4.58. The number of hydrogen-bond donors (Lipinski definition) is 1. The number of rotatable bonds is 9. The molecule has 1 N–H and O–H groups in total. The van der Waals surface area contributed by atoms with E-state index in [-0.39, 0.29) is 42.2 Å². The first-order chi connectivity index (χ1) is 18.8. The number of carbonyl (C=O) groups excluding carboxylic acids is 2. The average molecular weight is 564 g/mol. The third kappa shape index (κ3) is 6.03. The number of ketones is 1. The Kier molecular flexibility index (Phi) is 8.06. The van der Waals surface area contributed by atoms with Crippen LogP contribution in [0.1, 0.15) is 30.1 Å². The van der Waals surface area contributed by atoms with Crippen molar-refractivity contribution in [3.05, 3.63) is 78.4 Å². The molecule has 1 fully saturated rings. The molecule has 39 heavy (non-hydrogen) atoms. The number of sulfonamides is 1. The molecule has 0 amide bonds. The van der Waals surface area contributed by atoms with Crippen molar-refractivity contribution in [1.82, 2.24) is 9.29 Å². The second-order valence-corrected chi connectivity index (χ2v) is 12.3. The van der Waals surface area contributed by atoms with Gasteiger partial charge in [0.1, 0.15) is 5.01 Å². The van der Waals surface area contributed by atoms with Gasteiger partial charge in [0.15, 0.2) is 5.78 Å². The van der Waals surface area contributed by atoms with Gasteiger partial charge in [-0.2, -0.15) is 4.31 Å². The van der Waals surface area contributed by atoms with Crippen molar-refractivity contribution in [2.24, 2.45) is 5.92 Å². The number of carbonyl (C=O) groups is 2. The van der Waals surface area contributed by atoms with Gasteiger partial charge in [0, 0.05) is 29.9 Å². The Labute approximate surface area is 231 Å². The van der Waals surface area contributed by atoms with E-state index in [2.05, 4.69) is 10.3 Å². The van der Waals surface area contributed by atoms with E-state index in [0.717, 1.165) is 26.5 Å². The summed E-state index contributed by atoms with van der Waals surface area (Å²) in [6.45, 7) is 2.55. The van der Waals surface area contributed by atoms with Gasteiger partial charge in [0.05, 0.1) is 34.2 Å². The maximum Gasteiger partial charge on any atom is 0.309 e. The number of benzene rings is 3. The van der Waals surface area contributed by atoms with Gasteiger partial charge in [-0.05, 0) is 68.3 Å². The molecule has 0 aliphatic carbocycles. The lowest BCUT2D eigenvalue weighted by atomic mass is 9.98. The van der Waals surface area contributed by atoms with Crippen molar-refractivity contribution in [3.63, 3.8) is 0 Å². The molecule has 0 saturated carbocycles. The van der Waals surface area contributed by atoms with Crippen LogP contribution < -0.4 is 5.32 Å². The Bertz CT molecular complexity index is 1560. The lowest BCUT2D eigenvalue weighted by Gasteiger charge is -2.30. The fraction of sp³-hybridized carbons (Fsp3) is 0.276. The maximum absolute atomic E-state index is 13.2. The van der Waals surface area contributed by atoms with Crippen LogP contribution in [0, 0.1) is 5.92 Å². The molecular formula is C29H29N3O5S2. The van der Waals surface area contributed by atoms with Crippen LogP contribution in [0.2, 0.25) is 0 Å². The first kappa shape index (κ1) is 27.0. The Morgan fingerprint density at radius 3 is 2.49 bits per heavy atom. The first-order valence-corrected chi connectivity index (χ1v) is 15.1. The largest absolute Gasteiger partial charge is 0.466 e. The Morgan fingerprint density at radius 1 is 1.03 bits per heavy atom. The number of ether oxygens (including phenoxy) is 1. The maximum atomic E-state index is 13.2. The monoisotopic (exact) mass is 563 g/mol. The van der Waals surface area contributed by atoms with E-state index in [1.54, 1.807) is 30.4 Å². The third-order valence-corrected chi connectivity index (χ3v) is 9.73. The van der Waals surface area contributed by atoms with Crippen LogP contribution in [0.5, 0.6) is 0 Å². The highest BCUT2D eigenvalue weighted by molar-refractivity contribution is 7.89. The molecule has 5 rings (SSSR count). The van der Waals surface area contributed by atoms with Crippen molar-refractivity contribution in [3.8, 4) is 10.6 Å². The molecule has 0 atom stereocenters. The summed E-state index contributed by atoms with van der Waals surface area (Å²) in [4.78, 5) is 29.6. The predicted molar refractivity (Wildman–Crippen MR) is 152 cm³/mol. The fourth-order valence-corrected chi connectivity index (χ4v) is 7.07. The number of esters is 1. The highest BCUT2D eigenvalue weighted by atomic mass is 32.2. The summed E-state index contributed by atoms with van der Waals surface area (Å²) >= 11 is 1.63. The Hall–Kier alpha value is -3.60. The number of thiazole rings is 1. The summed E-state index contributed by atoms with van der Waals surface area (Å²) in [7, 11) is -3.78. The third-order valence-electron chi connectivity index (χ3n) is 6.75. The van der Waals surface area contributed by atoms with E-state index in [0.29, 0.717) is 25.0 Å². The number of piperidine rings is 1. The summed E-state index contributed by atoms with van der Waals surface area (Å²) in [5, 5.41) is 4.06. The number of Topliss-reactive ketones (excluding diaryl/α,β-unsaturated/α-hetero) is 1. The molecule has 0 spiro atoms. The molecule has 1 aromatic heterocycles. The molecule has 3 aromatic carbocycles. The van der Waals surface area contributed by atoms with Gasteiger partial charge in [0.2, 0.25) is 10.0 Å². The van der Waals surface area contributed by atoms with Crippen molar-refractivity contribution >= 4 is 49.0 Å². The zero-order valence-electron chi connectivity index (χ0n) is 21.5. The van der Waals surface area contributed by atoms with Gasteiger partial charge in [-0.1, -0.05) is 24.3 Å². The van der Waals surface area contributed by atoms with E-state index < -0.39 is 10.0 Å². The summed E-state index contributed by atoms with van der Waals surface area (Å²) in [5.41, 5.74) is 3.06. The molecule has 1 aliphatic rings. The Balaban J connectivity index is 1.20. The normalized spacial score (nSPS) is 14.8. The van der Waals surface area contributed by atoms with Gasteiger partial charge in [0.25, 0.3) is 0 Å². The topological polar surface area (TPSA) is 106 Å². The van der Waals surface area contributed by atoms with Crippen LogP contribution in [0.3, 0.4) is 0 Å². The zero-order chi connectivity index (χ0) is 27.4. The van der Waals surface area contributed by atoms with Crippen LogP contribution in [-0.4, -0.2) is 55.7 Å². The average Bonchev–Trinajstić information content (AvgIpc) is 3.41. The summed E-state index contributed by atoms with van der Waals surface area (Å²) in [6, 6.07) is 21.8. The van der Waals surface area contributed by atoms with Crippen LogP contribution in [0.25, 0.3) is 20.8 Å². The zero-order valence-corrected chi connectivity index (χ0v) is 23.1. The van der Waals surface area contributed by atoms with E-state index in [1.165, 1.54) is 16.4 Å². The molecule has 1 saturated heterocycles. The number of nitrogens with one attached hydrogen (secondary N) is 1. The lowest BCUT2D eigenvalue weighted by molar-refractivity contribution is -0.149. The van der Waals surface area contributed by atoms with E-state index in [9.17, 15) is 18.0 Å². The number of para-hydroxylation sites is 1. The summed E-state index contributed by atoms with van der Waals surface area (Å²) < 4.78 is 34.0. The predicted octanol–water partition coefficient (Wildman–Crippen LogP) is 5.22. The molecule has 0 bridgehead atoms. The number of fused-ring (bicyclic) bond motifs is 1. The second kappa shape index (κ2) is 11.6. The molecule has 4 aromatic rings. The quantitative estimate of drug-likeness (QED) is 0.220. The van der Waals surface area contributed by atoms with Gasteiger partial charge in [-0.3, -0.25) is 9.59 Å². The van der Waals surface area contributed by atoms with Crippen LogP contribution in [0.15, 0.2) is 77.7 Å². The number of hydrogen-bond acceptors (Lipinski definition) is 8. The highest BCUT2D eigenvalue weighted by Crippen LogP contribution is 2.30. The van der Waals surface area contributed by atoms with Crippen molar-refractivity contribution in [1.29, 1.82) is 0 Å². The van der Waals surface area contributed by atoms with E-state index in [4.69, 9.17) is 4.74 Å². The second-order valence-electron chi connectivity index (χ2n) is 9.30. The molecule has 1 aliphatic heterocycles. The van der Waals surface area contributed by atoms with Crippen LogP contribution >= 0.6 is 11.3 Å². The molecular weight excluding hydrogens is 534 g/mol. The molecule has 8 nitrogen and oxygen atoms in total. The molecule has 202 valence electrons. The Morgan fingerprint density at radius 2 is 1.77 bits per heavy atom. The smallest absolute Gasteiger partial charge is 0.309 e. The van der Waals surface area contributed by atoms with Gasteiger partial charge in [-0.25, -0.2) is 13.4 Å². The molecule has 2 heterocycles. The molecule has 10 heteroatoms. The van der Waals surface area contributed by atoms with Crippen LogP contribution in [0.4, 0.5) is 5.69 Å². The van der Waals surface area contributed by atoms with Crippen molar-refractivity contribution in [2.45, 2.75) is 24.7 Å².